The summed E-state index contributed by atoms with van der Waals surface area (Å²) in [6.07, 6.45) is 4.26. The maximum Gasteiger partial charge on any atom is 0.407 e. The highest BCUT2D eigenvalue weighted by atomic mass is 16.5. The molecule has 0 fully saturated rings. The van der Waals surface area contributed by atoms with Gasteiger partial charge in [-0.1, -0.05) is 66.7 Å². The molecule has 3 N–H and O–H groups in total. The zero-order valence-corrected chi connectivity index (χ0v) is 17.5. The van der Waals surface area contributed by atoms with E-state index in [0.29, 0.717) is 31.0 Å². The molecule has 0 aromatic heterocycles. The van der Waals surface area contributed by atoms with Crippen LogP contribution in [-0.2, 0) is 4.74 Å². The van der Waals surface area contributed by atoms with E-state index in [9.17, 15) is 4.79 Å². The van der Waals surface area contributed by atoms with Crippen molar-refractivity contribution in [2.45, 2.75) is 12.3 Å². The maximum atomic E-state index is 12.2. The van der Waals surface area contributed by atoms with Crippen LogP contribution in [0.15, 0.2) is 72.8 Å². The number of amides is 1. The van der Waals surface area contributed by atoms with Gasteiger partial charge in [0.15, 0.2) is 0 Å². The Bertz CT molecular complexity index is 1060. The minimum atomic E-state index is -0.399. The third-order valence-electron chi connectivity index (χ3n) is 5.49. The zero-order valence-electron chi connectivity index (χ0n) is 17.5. The summed E-state index contributed by atoms with van der Waals surface area (Å²) in [6, 6.07) is 22.2. The van der Waals surface area contributed by atoms with Crippen LogP contribution in [-0.4, -0.2) is 26.4 Å². The molecule has 0 aliphatic heterocycles. The van der Waals surface area contributed by atoms with Gasteiger partial charge in [-0.25, -0.2) is 4.79 Å². The SMILES string of the molecule is COc1cc(C=CCCNC(=O)OCC2c3ccccc3-c3ccccc32)ccc1N. The van der Waals surface area contributed by atoms with E-state index in [1.807, 2.05) is 54.6 Å². The average molecular weight is 415 g/mol. The molecule has 3 aromatic rings. The average Bonchev–Trinajstić information content (AvgIpc) is 3.12. The first-order chi connectivity index (χ1) is 15.2. The van der Waals surface area contributed by atoms with Crippen molar-refractivity contribution in [3.8, 4) is 16.9 Å². The van der Waals surface area contributed by atoms with E-state index in [2.05, 4.69) is 29.6 Å². The van der Waals surface area contributed by atoms with E-state index in [1.165, 1.54) is 22.3 Å². The van der Waals surface area contributed by atoms with Crippen LogP contribution < -0.4 is 15.8 Å². The van der Waals surface area contributed by atoms with Gasteiger partial charge in [0.05, 0.1) is 12.8 Å². The summed E-state index contributed by atoms with van der Waals surface area (Å²) in [6.45, 7) is 0.820. The van der Waals surface area contributed by atoms with Crippen molar-refractivity contribution >= 4 is 17.9 Å². The Morgan fingerprint density at radius 3 is 2.39 bits per heavy atom. The molecule has 0 bridgehead atoms. The summed E-state index contributed by atoms with van der Waals surface area (Å²) in [4.78, 5) is 12.2. The van der Waals surface area contributed by atoms with E-state index < -0.39 is 6.09 Å². The number of ether oxygens (including phenoxy) is 2. The molecule has 5 nitrogen and oxygen atoms in total. The first kappa shape index (κ1) is 20.5. The number of anilines is 1. The summed E-state index contributed by atoms with van der Waals surface area (Å²) in [7, 11) is 1.59. The van der Waals surface area contributed by atoms with Crippen molar-refractivity contribution in [2.24, 2.45) is 0 Å². The van der Waals surface area contributed by atoms with Gasteiger partial charge >= 0.3 is 6.09 Å². The third kappa shape index (κ3) is 4.56. The predicted octanol–water partition coefficient (Wildman–Crippen LogP) is 5.22. The number of carbonyl (C=O) groups excluding carboxylic acids is 1. The van der Waals surface area contributed by atoms with E-state index in [4.69, 9.17) is 15.2 Å². The molecule has 0 unspecified atom stereocenters. The second-order valence-corrected chi connectivity index (χ2v) is 7.44. The van der Waals surface area contributed by atoms with Gasteiger partial charge in [-0.2, -0.15) is 0 Å². The fourth-order valence-corrected chi connectivity index (χ4v) is 3.96. The van der Waals surface area contributed by atoms with Gasteiger partial charge < -0.3 is 20.5 Å². The van der Waals surface area contributed by atoms with Gasteiger partial charge in [0.1, 0.15) is 12.4 Å². The summed E-state index contributed by atoms with van der Waals surface area (Å²) in [5.74, 6) is 0.720. The van der Waals surface area contributed by atoms with Crippen LogP contribution in [0.4, 0.5) is 10.5 Å². The lowest BCUT2D eigenvalue weighted by Crippen LogP contribution is -2.26. The van der Waals surface area contributed by atoms with Crippen molar-refractivity contribution in [2.75, 3.05) is 26.0 Å². The first-order valence-electron chi connectivity index (χ1n) is 10.4. The lowest BCUT2D eigenvalue weighted by atomic mass is 9.98. The van der Waals surface area contributed by atoms with Crippen LogP contribution in [0.1, 0.15) is 29.0 Å². The fraction of sp³-hybridized carbons (Fsp3) is 0.192. The van der Waals surface area contributed by atoms with E-state index >= 15 is 0 Å². The zero-order chi connectivity index (χ0) is 21.6. The quantitative estimate of drug-likeness (QED) is 0.411. The van der Waals surface area contributed by atoms with Crippen molar-refractivity contribution < 1.29 is 14.3 Å². The van der Waals surface area contributed by atoms with Crippen LogP contribution in [0, 0.1) is 0 Å². The first-order valence-corrected chi connectivity index (χ1v) is 10.4. The number of rotatable bonds is 7. The summed E-state index contributed by atoms with van der Waals surface area (Å²) in [5.41, 5.74) is 12.3. The van der Waals surface area contributed by atoms with E-state index in [-0.39, 0.29) is 5.92 Å². The number of carbonyl (C=O) groups is 1. The molecule has 31 heavy (non-hydrogen) atoms. The Hall–Kier alpha value is -3.73. The second kappa shape index (κ2) is 9.39. The lowest BCUT2D eigenvalue weighted by Gasteiger charge is -2.14. The third-order valence-corrected chi connectivity index (χ3v) is 5.49. The van der Waals surface area contributed by atoms with Gasteiger partial charge in [0.2, 0.25) is 0 Å². The number of nitrogen functional groups attached to an aromatic ring is 1. The molecule has 0 radical (unpaired) electrons. The summed E-state index contributed by atoms with van der Waals surface area (Å²) >= 11 is 0. The molecule has 5 heteroatoms. The highest BCUT2D eigenvalue weighted by Crippen LogP contribution is 2.44. The minimum absolute atomic E-state index is 0.0681. The standard InChI is InChI=1S/C26H26N2O3/c1-30-25-16-18(13-14-24(25)27)8-6-7-15-28-26(29)31-17-23-21-11-4-2-9-19(21)20-10-3-5-12-22(20)23/h2-6,8-14,16,23H,7,15,17,27H2,1H3,(H,28,29). The number of methoxy groups -OCH3 is 1. The Morgan fingerprint density at radius 2 is 1.71 bits per heavy atom. The molecule has 1 aliphatic rings. The predicted molar refractivity (Wildman–Crippen MR) is 124 cm³/mol. The molecule has 1 aliphatic carbocycles. The highest BCUT2D eigenvalue weighted by Gasteiger charge is 2.28. The minimum Gasteiger partial charge on any atom is -0.495 e. The smallest absolute Gasteiger partial charge is 0.407 e. The number of benzene rings is 3. The van der Waals surface area contributed by atoms with Crippen molar-refractivity contribution in [1.82, 2.24) is 5.32 Å². The largest absolute Gasteiger partial charge is 0.495 e. The fourth-order valence-electron chi connectivity index (χ4n) is 3.96. The molecule has 3 aromatic carbocycles. The van der Waals surface area contributed by atoms with E-state index in [1.54, 1.807) is 7.11 Å². The van der Waals surface area contributed by atoms with Crippen molar-refractivity contribution in [3.63, 3.8) is 0 Å². The topological polar surface area (TPSA) is 73.6 Å². The van der Waals surface area contributed by atoms with Gasteiger partial charge in [0, 0.05) is 12.5 Å². The highest BCUT2D eigenvalue weighted by molar-refractivity contribution is 5.79. The molecule has 158 valence electrons. The molecule has 4 rings (SSSR count). The normalized spacial score (nSPS) is 12.4. The monoisotopic (exact) mass is 414 g/mol. The Morgan fingerprint density at radius 1 is 1.03 bits per heavy atom. The number of nitrogens with one attached hydrogen (secondary N) is 1. The van der Waals surface area contributed by atoms with E-state index in [0.717, 1.165) is 5.56 Å². The second-order valence-electron chi connectivity index (χ2n) is 7.44. The summed E-state index contributed by atoms with van der Waals surface area (Å²) < 4.78 is 10.8. The number of alkyl carbamates (subject to hydrolysis) is 1. The lowest BCUT2D eigenvalue weighted by molar-refractivity contribution is 0.143. The van der Waals surface area contributed by atoms with Crippen LogP contribution in [0.25, 0.3) is 17.2 Å². The number of nitrogens with two attached hydrogens (primary N) is 1. The molecule has 1 amide bonds. The van der Waals surface area contributed by atoms with Crippen LogP contribution >= 0.6 is 0 Å². The van der Waals surface area contributed by atoms with Gasteiger partial charge in [-0.3, -0.25) is 0 Å². The number of hydrogen-bond acceptors (Lipinski definition) is 4. The van der Waals surface area contributed by atoms with Gasteiger partial charge in [0.25, 0.3) is 0 Å². The number of fused-ring (bicyclic) bond motifs is 3. The Labute approximate surface area is 182 Å². The molecule has 0 atom stereocenters. The van der Waals surface area contributed by atoms with Gasteiger partial charge in [-0.05, 0) is 46.4 Å². The van der Waals surface area contributed by atoms with Crippen molar-refractivity contribution in [1.29, 1.82) is 0 Å². The van der Waals surface area contributed by atoms with Crippen molar-refractivity contribution in [3.05, 3.63) is 89.5 Å². The maximum absolute atomic E-state index is 12.2. The van der Waals surface area contributed by atoms with Crippen LogP contribution in [0.5, 0.6) is 5.75 Å². The number of hydrogen-bond donors (Lipinski definition) is 2. The van der Waals surface area contributed by atoms with Crippen LogP contribution in [0.3, 0.4) is 0 Å². The molecule has 0 heterocycles. The summed E-state index contributed by atoms with van der Waals surface area (Å²) in [5, 5.41) is 2.82. The van der Waals surface area contributed by atoms with Gasteiger partial charge in [-0.15, -0.1) is 0 Å². The molecular weight excluding hydrogens is 388 g/mol. The Kier molecular flexibility index (Phi) is 6.22. The molecule has 0 saturated heterocycles. The molecule has 0 spiro atoms. The Balaban J connectivity index is 1.27. The van der Waals surface area contributed by atoms with Crippen LogP contribution in [0.2, 0.25) is 0 Å². The molecular formula is C26H26N2O3. The molecule has 0 saturated carbocycles.